The lowest BCUT2D eigenvalue weighted by Gasteiger charge is -2.24. The molecule has 1 aromatic carbocycles. The van der Waals surface area contributed by atoms with E-state index in [1.54, 1.807) is 30.5 Å². The molecule has 6 nitrogen and oxygen atoms in total. The Bertz CT molecular complexity index is 786. The first-order valence-corrected chi connectivity index (χ1v) is 7.50. The van der Waals surface area contributed by atoms with Crippen molar-refractivity contribution in [3.63, 3.8) is 0 Å². The van der Waals surface area contributed by atoms with Crippen LogP contribution in [-0.2, 0) is 4.79 Å². The summed E-state index contributed by atoms with van der Waals surface area (Å²) >= 11 is 0. The molecule has 0 aliphatic carbocycles. The number of nitrogens with zero attached hydrogens (tertiary/aromatic N) is 3. The second kappa shape index (κ2) is 7.92. The van der Waals surface area contributed by atoms with Crippen molar-refractivity contribution < 1.29 is 4.79 Å². The van der Waals surface area contributed by atoms with Crippen LogP contribution < -0.4 is 15.8 Å². The number of carbonyl (C=O) groups is 1. The van der Waals surface area contributed by atoms with Crippen LogP contribution in [0, 0.1) is 0 Å². The summed E-state index contributed by atoms with van der Waals surface area (Å²) in [6.07, 6.45) is 4.99. The first-order valence-electron chi connectivity index (χ1n) is 7.50. The van der Waals surface area contributed by atoms with Crippen LogP contribution in [0.2, 0.25) is 0 Å². The van der Waals surface area contributed by atoms with Crippen LogP contribution in [0.3, 0.4) is 0 Å². The molecule has 0 saturated carbocycles. The van der Waals surface area contributed by atoms with E-state index in [-0.39, 0.29) is 11.6 Å². The number of amides is 1. The molecule has 0 spiro atoms. The minimum absolute atomic E-state index is 0.185. The van der Waals surface area contributed by atoms with Crippen molar-refractivity contribution in [3.05, 3.63) is 72.2 Å². The highest BCUT2D eigenvalue weighted by Gasteiger charge is 2.17. The van der Waals surface area contributed by atoms with Gasteiger partial charge in [0.2, 0.25) is 5.91 Å². The fourth-order valence-electron chi connectivity index (χ4n) is 2.31. The van der Waals surface area contributed by atoms with Crippen molar-refractivity contribution in [1.29, 1.82) is 0 Å². The van der Waals surface area contributed by atoms with Crippen LogP contribution in [0.15, 0.2) is 66.6 Å². The molecule has 1 heterocycles. The summed E-state index contributed by atoms with van der Waals surface area (Å²) in [6, 6.07) is 9.04. The topological polar surface area (TPSA) is 67.2 Å². The number of benzene rings is 1. The van der Waals surface area contributed by atoms with E-state index in [1.807, 2.05) is 23.1 Å². The molecule has 2 aromatic rings. The van der Waals surface area contributed by atoms with Gasteiger partial charge in [-0.15, -0.1) is 13.2 Å². The Labute approximate surface area is 140 Å². The Hall–Kier alpha value is -3.15. The number of nitrogens with one attached hydrogen (secondary N) is 1. The van der Waals surface area contributed by atoms with Crippen molar-refractivity contribution in [2.24, 2.45) is 0 Å². The first-order chi connectivity index (χ1) is 11.6. The molecule has 0 aliphatic rings. The molecule has 0 fully saturated rings. The van der Waals surface area contributed by atoms with Gasteiger partial charge in [0.05, 0.1) is 17.6 Å². The van der Waals surface area contributed by atoms with E-state index >= 15 is 0 Å². The molecule has 2 rings (SSSR count). The van der Waals surface area contributed by atoms with Crippen LogP contribution in [0.5, 0.6) is 0 Å². The molecule has 124 valence electrons. The standard InChI is InChI=1S/C18H20N4O2/c1-4-11-21(12-5-2)16-13-19-22(15-9-7-6-8-10-15)18(24)17(16)20-14(3)23/h4-10,13H,1-2,11-12H2,3H3,(H,20,23). The van der Waals surface area contributed by atoms with E-state index < -0.39 is 5.56 Å². The smallest absolute Gasteiger partial charge is 0.297 e. The average molecular weight is 324 g/mol. The maximum Gasteiger partial charge on any atom is 0.297 e. The Morgan fingerprint density at radius 3 is 2.42 bits per heavy atom. The fourth-order valence-corrected chi connectivity index (χ4v) is 2.31. The number of aromatic nitrogens is 2. The molecule has 0 radical (unpaired) electrons. The Kier molecular flexibility index (Phi) is 5.68. The van der Waals surface area contributed by atoms with Gasteiger partial charge in [0.15, 0.2) is 0 Å². The van der Waals surface area contributed by atoms with E-state index in [2.05, 4.69) is 23.6 Å². The number of anilines is 2. The number of carbonyl (C=O) groups excluding carboxylic acids is 1. The lowest BCUT2D eigenvalue weighted by Crippen LogP contribution is -2.32. The van der Waals surface area contributed by atoms with Gasteiger partial charge in [0.1, 0.15) is 5.69 Å². The van der Waals surface area contributed by atoms with Gasteiger partial charge in [-0.1, -0.05) is 30.4 Å². The zero-order chi connectivity index (χ0) is 17.5. The summed E-state index contributed by atoms with van der Waals surface area (Å²) in [5.41, 5.74) is 0.943. The predicted molar refractivity (Wildman–Crippen MR) is 96.7 cm³/mol. The van der Waals surface area contributed by atoms with E-state index in [0.717, 1.165) is 0 Å². The molecule has 0 saturated heterocycles. The summed E-state index contributed by atoms with van der Waals surface area (Å²) in [5.74, 6) is -0.323. The van der Waals surface area contributed by atoms with Gasteiger partial charge in [0.25, 0.3) is 5.56 Å². The first kappa shape index (κ1) is 17.2. The third-order valence-electron chi connectivity index (χ3n) is 3.30. The Balaban J connectivity index is 2.62. The second-order valence-corrected chi connectivity index (χ2v) is 5.12. The second-order valence-electron chi connectivity index (χ2n) is 5.12. The molecule has 1 N–H and O–H groups in total. The van der Waals surface area contributed by atoms with Gasteiger partial charge >= 0.3 is 0 Å². The Morgan fingerprint density at radius 1 is 1.25 bits per heavy atom. The number of hydrogen-bond donors (Lipinski definition) is 1. The molecule has 0 unspecified atom stereocenters. The maximum absolute atomic E-state index is 12.8. The molecule has 24 heavy (non-hydrogen) atoms. The summed E-state index contributed by atoms with van der Waals surface area (Å²) in [4.78, 5) is 26.3. The summed E-state index contributed by atoms with van der Waals surface area (Å²) in [6.45, 7) is 9.79. The van der Waals surface area contributed by atoms with Gasteiger partial charge in [-0.2, -0.15) is 9.78 Å². The van der Waals surface area contributed by atoms with Gasteiger partial charge in [0, 0.05) is 20.0 Å². The summed E-state index contributed by atoms with van der Waals surface area (Å²) in [5, 5.41) is 6.87. The van der Waals surface area contributed by atoms with Gasteiger partial charge in [-0.05, 0) is 12.1 Å². The molecule has 1 amide bonds. The fraction of sp³-hybridized carbons (Fsp3) is 0.167. The highest BCUT2D eigenvalue weighted by molar-refractivity contribution is 5.92. The van der Waals surface area contributed by atoms with Crippen LogP contribution in [0.1, 0.15) is 6.92 Å². The molecule has 0 aliphatic heterocycles. The summed E-state index contributed by atoms with van der Waals surface area (Å²) in [7, 11) is 0. The van der Waals surface area contributed by atoms with Gasteiger partial charge in [-0.3, -0.25) is 9.59 Å². The molecular weight excluding hydrogens is 304 g/mol. The molecule has 0 atom stereocenters. The minimum Gasteiger partial charge on any atom is -0.361 e. The van der Waals surface area contributed by atoms with Crippen LogP contribution in [0.4, 0.5) is 11.4 Å². The van der Waals surface area contributed by atoms with Crippen LogP contribution >= 0.6 is 0 Å². The minimum atomic E-state index is -0.396. The monoisotopic (exact) mass is 324 g/mol. The normalized spacial score (nSPS) is 10.0. The zero-order valence-electron chi connectivity index (χ0n) is 13.6. The highest BCUT2D eigenvalue weighted by atomic mass is 16.2. The molecular formula is C18H20N4O2. The zero-order valence-corrected chi connectivity index (χ0v) is 13.6. The third kappa shape index (κ3) is 3.78. The van der Waals surface area contributed by atoms with Crippen molar-refractivity contribution in [1.82, 2.24) is 9.78 Å². The average Bonchev–Trinajstić information content (AvgIpc) is 2.57. The van der Waals surface area contributed by atoms with Crippen molar-refractivity contribution in [3.8, 4) is 5.69 Å². The van der Waals surface area contributed by atoms with Crippen molar-refractivity contribution in [2.75, 3.05) is 23.3 Å². The SMILES string of the molecule is C=CCN(CC=C)c1cnn(-c2ccccc2)c(=O)c1NC(C)=O. The van der Waals surface area contributed by atoms with E-state index in [0.29, 0.717) is 24.5 Å². The molecule has 1 aromatic heterocycles. The number of hydrogen-bond acceptors (Lipinski definition) is 4. The predicted octanol–water partition coefficient (Wildman–Crippen LogP) is 2.37. The van der Waals surface area contributed by atoms with E-state index in [4.69, 9.17) is 0 Å². The summed E-state index contributed by atoms with van der Waals surface area (Å²) < 4.78 is 1.26. The van der Waals surface area contributed by atoms with E-state index in [9.17, 15) is 9.59 Å². The highest BCUT2D eigenvalue weighted by Crippen LogP contribution is 2.22. The lowest BCUT2D eigenvalue weighted by atomic mass is 10.3. The number of para-hydroxylation sites is 1. The quantitative estimate of drug-likeness (QED) is 0.794. The maximum atomic E-state index is 12.8. The molecule has 6 heteroatoms. The van der Waals surface area contributed by atoms with E-state index in [1.165, 1.54) is 11.6 Å². The third-order valence-corrected chi connectivity index (χ3v) is 3.30. The van der Waals surface area contributed by atoms with Crippen LogP contribution in [0.25, 0.3) is 5.69 Å². The van der Waals surface area contributed by atoms with Crippen molar-refractivity contribution >= 4 is 17.3 Å². The largest absolute Gasteiger partial charge is 0.361 e. The van der Waals surface area contributed by atoms with Gasteiger partial charge in [-0.25, -0.2) is 0 Å². The van der Waals surface area contributed by atoms with Crippen molar-refractivity contribution in [2.45, 2.75) is 6.92 Å². The van der Waals surface area contributed by atoms with Gasteiger partial charge < -0.3 is 10.2 Å². The number of rotatable bonds is 7. The lowest BCUT2D eigenvalue weighted by molar-refractivity contribution is -0.114. The Morgan fingerprint density at radius 2 is 1.88 bits per heavy atom. The molecule has 0 bridgehead atoms. The van der Waals surface area contributed by atoms with Crippen LogP contribution in [-0.4, -0.2) is 28.8 Å².